The summed E-state index contributed by atoms with van der Waals surface area (Å²) in [4.78, 5) is 3.61. The van der Waals surface area contributed by atoms with Crippen LogP contribution in [-0.2, 0) is 10.0 Å². The minimum absolute atomic E-state index is 0.0692. The molecule has 0 atom stereocenters. The van der Waals surface area contributed by atoms with Crippen LogP contribution in [0, 0.1) is 6.92 Å². The number of hydrogen-bond donors (Lipinski definition) is 2. The van der Waals surface area contributed by atoms with E-state index in [9.17, 15) is 8.42 Å². The Balaban J connectivity index is 2.35. The molecule has 0 radical (unpaired) electrons. The Bertz CT molecular complexity index is 635. The molecule has 17 heavy (non-hydrogen) atoms. The summed E-state index contributed by atoms with van der Waals surface area (Å²) < 4.78 is 30.8. The molecule has 0 aliphatic rings. The van der Waals surface area contributed by atoms with Crippen LogP contribution in [0.5, 0.6) is 0 Å². The standard InChI is InChI=1S/C9H10N4O3S/c1-6-5-8(12-16-6)13-17(14,15)7-3-2-4-11-9(7)10/h2-5H,1H3,(H2,10,11)(H,12,13). The Morgan fingerprint density at radius 3 is 2.82 bits per heavy atom. The minimum Gasteiger partial charge on any atom is -0.383 e. The summed E-state index contributed by atoms with van der Waals surface area (Å²) in [5.41, 5.74) is 5.49. The van der Waals surface area contributed by atoms with Gasteiger partial charge < -0.3 is 10.3 Å². The molecule has 0 spiro atoms. The van der Waals surface area contributed by atoms with Gasteiger partial charge in [0.1, 0.15) is 16.5 Å². The van der Waals surface area contributed by atoms with Crippen LogP contribution in [0.2, 0.25) is 0 Å². The van der Waals surface area contributed by atoms with Crippen molar-refractivity contribution in [3.8, 4) is 0 Å². The normalized spacial score (nSPS) is 11.4. The third-order valence-electron chi connectivity index (χ3n) is 1.96. The van der Waals surface area contributed by atoms with Crippen LogP contribution in [0.25, 0.3) is 0 Å². The lowest BCUT2D eigenvalue weighted by Crippen LogP contribution is -2.15. The van der Waals surface area contributed by atoms with Gasteiger partial charge >= 0.3 is 0 Å². The lowest BCUT2D eigenvalue weighted by atomic mass is 10.5. The summed E-state index contributed by atoms with van der Waals surface area (Å²) in [6.07, 6.45) is 1.41. The molecule has 7 nitrogen and oxygen atoms in total. The summed E-state index contributed by atoms with van der Waals surface area (Å²) in [7, 11) is -3.79. The lowest BCUT2D eigenvalue weighted by molar-refractivity contribution is 0.400. The zero-order chi connectivity index (χ0) is 12.5. The van der Waals surface area contributed by atoms with Gasteiger partial charge in [-0.05, 0) is 19.1 Å². The SMILES string of the molecule is Cc1cc(NS(=O)(=O)c2cccnc2N)no1. The molecule has 2 aromatic rings. The van der Waals surface area contributed by atoms with E-state index in [1.165, 1.54) is 24.4 Å². The Morgan fingerprint density at radius 2 is 2.24 bits per heavy atom. The van der Waals surface area contributed by atoms with Gasteiger partial charge in [0.2, 0.25) is 0 Å². The van der Waals surface area contributed by atoms with Gasteiger partial charge in [-0.1, -0.05) is 5.16 Å². The van der Waals surface area contributed by atoms with E-state index in [-0.39, 0.29) is 16.5 Å². The van der Waals surface area contributed by atoms with Crippen molar-refractivity contribution < 1.29 is 12.9 Å². The van der Waals surface area contributed by atoms with E-state index in [1.54, 1.807) is 6.92 Å². The largest absolute Gasteiger partial charge is 0.383 e. The average molecular weight is 254 g/mol. The van der Waals surface area contributed by atoms with E-state index in [2.05, 4.69) is 14.9 Å². The van der Waals surface area contributed by atoms with Crippen LogP contribution in [0.3, 0.4) is 0 Å². The van der Waals surface area contributed by atoms with Crippen LogP contribution in [0.15, 0.2) is 33.8 Å². The number of aryl methyl sites for hydroxylation is 1. The number of rotatable bonds is 3. The average Bonchev–Trinajstić information content (AvgIpc) is 2.63. The molecule has 3 N–H and O–H groups in total. The van der Waals surface area contributed by atoms with Crippen LogP contribution >= 0.6 is 0 Å². The maximum atomic E-state index is 11.9. The molecule has 8 heteroatoms. The van der Waals surface area contributed by atoms with Crippen molar-refractivity contribution in [2.75, 3.05) is 10.5 Å². The zero-order valence-electron chi connectivity index (χ0n) is 8.91. The molecule has 0 bridgehead atoms. The number of nitrogens with one attached hydrogen (secondary N) is 1. The van der Waals surface area contributed by atoms with E-state index < -0.39 is 10.0 Å². The van der Waals surface area contributed by atoms with E-state index in [4.69, 9.17) is 10.3 Å². The fourth-order valence-electron chi connectivity index (χ4n) is 1.24. The second-order valence-electron chi connectivity index (χ2n) is 3.32. The Kier molecular flexibility index (Phi) is 2.72. The first-order valence-electron chi connectivity index (χ1n) is 4.66. The third kappa shape index (κ3) is 2.36. The highest BCUT2D eigenvalue weighted by molar-refractivity contribution is 7.92. The second kappa shape index (κ2) is 4.06. The molecule has 2 aromatic heterocycles. The molecule has 0 saturated carbocycles. The van der Waals surface area contributed by atoms with Gasteiger partial charge in [0.25, 0.3) is 10.0 Å². The number of hydrogen-bond acceptors (Lipinski definition) is 6. The van der Waals surface area contributed by atoms with Crippen molar-refractivity contribution in [2.45, 2.75) is 11.8 Å². The fourth-order valence-corrected chi connectivity index (χ4v) is 2.30. The predicted octanol–water partition coefficient (Wildman–Crippen LogP) is 0.761. The van der Waals surface area contributed by atoms with E-state index in [0.29, 0.717) is 5.76 Å². The van der Waals surface area contributed by atoms with E-state index in [1.807, 2.05) is 0 Å². The zero-order valence-corrected chi connectivity index (χ0v) is 9.73. The molecule has 2 rings (SSSR count). The van der Waals surface area contributed by atoms with Crippen molar-refractivity contribution in [2.24, 2.45) is 0 Å². The molecule has 0 aliphatic carbocycles. The first-order valence-corrected chi connectivity index (χ1v) is 6.14. The summed E-state index contributed by atoms with van der Waals surface area (Å²) in [6, 6.07) is 4.31. The van der Waals surface area contributed by atoms with Crippen LogP contribution < -0.4 is 10.5 Å². The van der Waals surface area contributed by atoms with Gasteiger partial charge in [0.05, 0.1) is 0 Å². The Labute approximate surface area is 97.7 Å². The maximum absolute atomic E-state index is 11.9. The molecule has 90 valence electrons. The highest BCUT2D eigenvalue weighted by atomic mass is 32.2. The Hall–Kier alpha value is -2.09. The summed E-state index contributed by atoms with van der Waals surface area (Å²) in [5, 5.41) is 3.53. The topological polar surface area (TPSA) is 111 Å². The van der Waals surface area contributed by atoms with Crippen molar-refractivity contribution in [1.29, 1.82) is 0 Å². The number of nitrogens with two attached hydrogens (primary N) is 1. The quantitative estimate of drug-likeness (QED) is 0.836. The van der Waals surface area contributed by atoms with Crippen LogP contribution in [-0.4, -0.2) is 18.6 Å². The molecule has 0 amide bonds. The molecule has 0 aliphatic heterocycles. The number of pyridine rings is 1. The van der Waals surface area contributed by atoms with Gasteiger partial charge in [-0.25, -0.2) is 13.4 Å². The van der Waals surface area contributed by atoms with Crippen molar-refractivity contribution >= 4 is 21.7 Å². The van der Waals surface area contributed by atoms with Gasteiger partial charge in [0.15, 0.2) is 5.82 Å². The van der Waals surface area contributed by atoms with Crippen LogP contribution in [0.1, 0.15) is 5.76 Å². The number of nitrogens with zero attached hydrogens (tertiary/aromatic N) is 2. The van der Waals surface area contributed by atoms with Crippen molar-refractivity contribution in [1.82, 2.24) is 10.1 Å². The Morgan fingerprint density at radius 1 is 1.47 bits per heavy atom. The summed E-state index contributed by atoms with van der Waals surface area (Å²) in [5.74, 6) is 0.535. The summed E-state index contributed by atoms with van der Waals surface area (Å²) in [6.45, 7) is 1.66. The fraction of sp³-hybridized carbons (Fsp3) is 0.111. The smallest absolute Gasteiger partial charge is 0.266 e. The highest BCUT2D eigenvalue weighted by Crippen LogP contribution is 2.18. The molecule has 0 aromatic carbocycles. The van der Waals surface area contributed by atoms with Gasteiger partial charge in [-0.3, -0.25) is 4.72 Å². The molecule has 0 saturated heterocycles. The van der Waals surface area contributed by atoms with Gasteiger partial charge in [-0.2, -0.15) is 0 Å². The van der Waals surface area contributed by atoms with Crippen LogP contribution in [0.4, 0.5) is 11.6 Å². The monoisotopic (exact) mass is 254 g/mol. The molecular formula is C9H10N4O3S. The second-order valence-corrected chi connectivity index (χ2v) is 4.97. The molecule has 2 heterocycles. The van der Waals surface area contributed by atoms with Crippen molar-refractivity contribution in [3.63, 3.8) is 0 Å². The predicted molar refractivity (Wildman–Crippen MR) is 60.7 cm³/mol. The number of nitrogen functional groups attached to an aromatic ring is 1. The van der Waals surface area contributed by atoms with E-state index in [0.717, 1.165) is 0 Å². The first-order chi connectivity index (χ1) is 7.99. The number of sulfonamides is 1. The molecule has 0 fully saturated rings. The lowest BCUT2D eigenvalue weighted by Gasteiger charge is -2.05. The summed E-state index contributed by atoms with van der Waals surface area (Å²) >= 11 is 0. The molecule has 0 unspecified atom stereocenters. The highest BCUT2D eigenvalue weighted by Gasteiger charge is 2.19. The van der Waals surface area contributed by atoms with Gasteiger partial charge in [0, 0.05) is 12.3 Å². The van der Waals surface area contributed by atoms with Gasteiger partial charge in [-0.15, -0.1) is 0 Å². The first kappa shape index (κ1) is 11.4. The van der Waals surface area contributed by atoms with Crippen molar-refractivity contribution in [3.05, 3.63) is 30.2 Å². The van der Waals surface area contributed by atoms with E-state index >= 15 is 0 Å². The maximum Gasteiger partial charge on any atom is 0.266 e. The third-order valence-corrected chi connectivity index (χ3v) is 3.36. The number of anilines is 2. The minimum atomic E-state index is -3.79. The molecular weight excluding hydrogens is 244 g/mol. The number of aromatic nitrogens is 2.